The first-order valence-electron chi connectivity index (χ1n) is 22.5. The van der Waals surface area contributed by atoms with E-state index in [-0.39, 0.29) is 69.3 Å². The smallest absolute Gasteiger partial charge is 0.327 e. The van der Waals surface area contributed by atoms with Gasteiger partial charge in [-0.3, -0.25) is 43.5 Å². The Morgan fingerprint density at radius 3 is 1.73 bits per heavy atom. The molecule has 0 fully saturated rings. The molecule has 1 heterocycles. The molecule has 7 amide bonds. The number of imidazole rings is 1. The molecular weight excluding hydrogens is 961 g/mol. The van der Waals surface area contributed by atoms with Crippen LogP contribution in [0.1, 0.15) is 57.7 Å². The van der Waals surface area contributed by atoms with Gasteiger partial charge < -0.3 is 76.0 Å². The number of carbonyl (C=O) groups is 8. The summed E-state index contributed by atoms with van der Waals surface area (Å²) in [5, 5.41) is 29.6. The van der Waals surface area contributed by atoms with Crippen LogP contribution < -0.4 is 65.9 Å². The number of thiol groups is 2. The highest BCUT2D eigenvalue weighted by Gasteiger charge is 2.37. The molecule has 27 heteroatoms. The molecule has 3 aromatic rings. The van der Waals surface area contributed by atoms with Gasteiger partial charge >= 0.3 is 5.97 Å². The SMILES string of the molecule is C[C@H](NC(=O)[C@H](CCCN=C(N)N)NC(=O)CN)C(=O)N[C@H](CS)C(=O)N[C@@H](CCCN=C(N)N)C(=O)N[C@@H](Cc1ccc2ccccc2c1)C(=O)N[C@@H](Cc1cnc[nH]1)C(=O)N[C@H](C(=O)O)C(C)(C)S. The summed E-state index contributed by atoms with van der Waals surface area (Å²) in [6.45, 7) is 4.13. The number of guanidine groups is 2. The van der Waals surface area contributed by atoms with E-state index in [0.717, 1.165) is 10.8 Å². The van der Waals surface area contributed by atoms with Crippen LogP contribution in [0.15, 0.2) is 65.0 Å². The predicted molar refractivity (Wildman–Crippen MR) is 273 cm³/mol. The summed E-state index contributed by atoms with van der Waals surface area (Å²) < 4.78 is -1.23. The number of nitrogens with two attached hydrogens (primary N) is 5. The summed E-state index contributed by atoms with van der Waals surface area (Å²) >= 11 is 8.61. The highest BCUT2D eigenvalue weighted by molar-refractivity contribution is 7.81. The highest BCUT2D eigenvalue weighted by atomic mass is 32.1. The molecule has 0 radical (unpaired) electrons. The molecule has 2 aromatic carbocycles. The average Bonchev–Trinajstić information content (AvgIpc) is 3.83. The van der Waals surface area contributed by atoms with Gasteiger partial charge in [0.15, 0.2) is 11.9 Å². The summed E-state index contributed by atoms with van der Waals surface area (Å²) in [5.74, 6) is -7.63. The predicted octanol–water partition coefficient (Wildman–Crippen LogP) is -3.45. The molecule has 0 aliphatic rings. The van der Waals surface area contributed by atoms with E-state index in [1.165, 1.54) is 33.3 Å². The molecule has 1 aromatic heterocycles. The van der Waals surface area contributed by atoms with E-state index in [0.29, 0.717) is 11.3 Å². The molecule has 0 aliphatic carbocycles. The van der Waals surface area contributed by atoms with E-state index in [1.807, 2.05) is 36.4 Å². The van der Waals surface area contributed by atoms with Crippen LogP contribution in [-0.2, 0) is 51.2 Å². The van der Waals surface area contributed by atoms with E-state index in [9.17, 15) is 43.5 Å². The monoisotopic (exact) mass is 1030 g/mol. The minimum Gasteiger partial charge on any atom is -0.480 e. The Morgan fingerprint density at radius 1 is 0.690 bits per heavy atom. The number of fused-ring (bicyclic) bond motifs is 1. The van der Waals surface area contributed by atoms with Gasteiger partial charge in [-0.2, -0.15) is 25.3 Å². The quantitative estimate of drug-likeness (QED) is 0.0139. The van der Waals surface area contributed by atoms with Gasteiger partial charge in [-0.25, -0.2) is 9.78 Å². The van der Waals surface area contributed by atoms with Crippen LogP contribution in [-0.4, -0.2) is 147 Å². The summed E-state index contributed by atoms with van der Waals surface area (Å²) in [5.41, 5.74) is 28.2. The summed E-state index contributed by atoms with van der Waals surface area (Å²) in [4.78, 5) is 122. The minimum atomic E-state index is -1.48. The van der Waals surface area contributed by atoms with Crippen LogP contribution in [0.4, 0.5) is 0 Å². The lowest BCUT2D eigenvalue weighted by atomic mass is 9.99. The molecule has 7 atom stereocenters. The third-order valence-electron chi connectivity index (χ3n) is 10.7. The lowest BCUT2D eigenvalue weighted by Gasteiger charge is -2.30. The Balaban J connectivity index is 1.92. The number of rotatable bonds is 29. The minimum absolute atomic E-state index is 0.0404. The Morgan fingerprint density at radius 2 is 1.20 bits per heavy atom. The Bertz CT molecular complexity index is 2370. The van der Waals surface area contributed by atoms with Gasteiger partial charge in [-0.05, 0) is 62.8 Å². The molecule has 71 heavy (non-hydrogen) atoms. The summed E-state index contributed by atoms with van der Waals surface area (Å²) in [6, 6.07) is 3.47. The Hall–Kier alpha value is -7.13. The van der Waals surface area contributed by atoms with E-state index < -0.39 is 101 Å². The fourth-order valence-corrected chi connectivity index (χ4v) is 7.34. The average molecular weight is 1030 g/mol. The van der Waals surface area contributed by atoms with Crippen molar-refractivity contribution >= 4 is 95.3 Å². The van der Waals surface area contributed by atoms with Crippen LogP contribution in [0, 0.1) is 0 Å². The molecule has 0 saturated heterocycles. The van der Waals surface area contributed by atoms with Crippen molar-refractivity contribution in [1.82, 2.24) is 47.2 Å². The number of nitrogens with one attached hydrogen (secondary N) is 8. The van der Waals surface area contributed by atoms with E-state index in [2.05, 4.69) is 82.4 Å². The van der Waals surface area contributed by atoms with Gasteiger partial charge in [-0.15, -0.1) is 0 Å². The zero-order valence-corrected chi connectivity index (χ0v) is 41.4. The van der Waals surface area contributed by atoms with Gasteiger partial charge in [-0.1, -0.05) is 42.5 Å². The molecule has 0 unspecified atom stereocenters. The number of aliphatic imine (C=N–C) groups is 2. The number of H-pyrrole nitrogens is 1. The van der Waals surface area contributed by atoms with Crippen LogP contribution in [0.3, 0.4) is 0 Å². The highest BCUT2D eigenvalue weighted by Crippen LogP contribution is 2.19. The molecule has 19 N–H and O–H groups in total. The molecule has 25 nitrogen and oxygen atoms in total. The number of carboxylic acids is 1. The third kappa shape index (κ3) is 20.0. The molecule has 0 spiro atoms. The number of aromatic nitrogens is 2. The lowest BCUT2D eigenvalue weighted by molar-refractivity contribution is -0.143. The van der Waals surface area contributed by atoms with Crippen LogP contribution in [0.25, 0.3) is 10.8 Å². The molecular formula is C44H66N16O9S2. The maximum absolute atomic E-state index is 14.5. The number of hydrogen-bond acceptors (Lipinski definition) is 14. The first kappa shape index (κ1) is 58.2. The van der Waals surface area contributed by atoms with E-state index in [1.54, 1.807) is 6.07 Å². The number of carboxylic acid groups (broad SMARTS) is 1. The Kier molecular flexibility index (Phi) is 23.4. The fraction of sp³-hybridized carbons (Fsp3) is 0.477. The molecule has 0 saturated carbocycles. The number of carbonyl (C=O) groups excluding carboxylic acids is 7. The maximum Gasteiger partial charge on any atom is 0.327 e. The Labute approximate surface area is 421 Å². The summed E-state index contributed by atoms with van der Waals surface area (Å²) in [7, 11) is 0. The van der Waals surface area contributed by atoms with Crippen molar-refractivity contribution in [1.29, 1.82) is 0 Å². The number of benzene rings is 2. The molecule has 388 valence electrons. The number of hydrogen-bond donors (Lipinski definition) is 16. The fourth-order valence-electron chi connectivity index (χ4n) is 6.90. The normalized spacial score (nSPS) is 14.1. The topological polar surface area (TPSA) is 424 Å². The van der Waals surface area contributed by atoms with Gasteiger partial charge in [0.05, 0.1) is 12.9 Å². The first-order valence-corrected chi connectivity index (χ1v) is 23.5. The standard InChI is InChI=1S/C44H66N16O9S2/c1-23(54-36(63)28(55-33(61)19-45)10-6-14-51-42(46)47)35(62)59-32(21-70)40(67)56-29(11-7-15-52-43(48)49)37(64)57-30(17-24-12-13-25-8-4-5-9-26(25)16-24)38(65)58-31(18-27-20-50-22-53-27)39(66)60-34(41(68)69)44(2,3)71/h4-5,8-9,12-13,16,20,22-23,28-32,34,70-71H,6-7,10-11,14-15,17-19,21,45H2,1-3H3,(H,50,53)(H,54,63)(H,55,61)(H,56,67)(H,57,64)(H,58,65)(H,59,62)(H,60,66)(H,68,69)(H4,46,47,51)(H4,48,49,52)/t23-,28-,29-,30-,31-,32+,34+/m0/s1. The zero-order chi connectivity index (χ0) is 52.8. The largest absolute Gasteiger partial charge is 0.480 e. The number of nitrogens with zero attached hydrogens (tertiary/aromatic N) is 3. The molecule has 0 bridgehead atoms. The van der Waals surface area contributed by atoms with E-state index in [4.69, 9.17) is 28.7 Å². The van der Waals surface area contributed by atoms with Crippen molar-refractivity contribution in [2.24, 2.45) is 38.7 Å². The van der Waals surface area contributed by atoms with E-state index >= 15 is 0 Å². The molecule has 3 rings (SSSR count). The van der Waals surface area contributed by atoms with Gasteiger partial charge in [0, 0.05) is 48.3 Å². The van der Waals surface area contributed by atoms with Crippen LogP contribution in [0.5, 0.6) is 0 Å². The zero-order valence-electron chi connectivity index (χ0n) is 39.6. The maximum atomic E-state index is 14.5. The lowest BCUT2D eigenvalue weighted by Crippen LogP contribution is -2.61. The van der Waals surface area contributed by atoms with Gasteiger partial charge in [0.1, 0.15) is 42.3 Å². The first-order chi connectivity index (χ1) is 33.5. The van der Waals surface area contributed by atoms with Gasteiger partial charge in [0.2, 0.25) is 41.4 Å². The van der Waals surface area contributed by atoms with Crippen LogP contribution in [0.2, 0.25) is 0 Å². The third-order valence-corrected chi connectivity index (χ3v) is 11.3. The van der Waals surface area contributed by atoms with Crippen molar-refractivity contribution in [2.75, 3.05) is 25.4 Å². The summed E-state index contributed by atoms with van der Waals surface area (Å²) in [6.07, 6.45) is 2.93. The van der Waals surface area contributed by atoms with Crippen molar-refractivity contribution in [3.8, 4) is 0 Å². The number of amides is 7. The molecule has 0 aliphatic heterocycles. The second kappa shape index (κ2) is 28.5. The second-order valence-corrected chi connectivity index (χ2v) is 18.5. The second-order valence-electron chi connectivity index (χ2n) is 17.0. The number of aliphatic carboxylic acids is 1. The van der Waals surface area contributed by atoms with Gasteiger partial charge in [0.25, 0.3) is 0 Å². The van der Waals surface area contributed by atoms with Crippen LogP contribution >= 0.6 is 25.3 Å². The van der Waals surface area contributed by atoms with Crippen molar-refractivity contribution in [3.05, 3.63) is 66.2 Å². The van der Waals surface area contributed by atoms with Crippen molar-refractivity contribution in [3.63, 3.8) is 0 Å². The van der Waals surface area contributed by atoms with Crippen molar-refractivity contribution < 1.29 is 43.5 Å². The number of aromatic amines is 1. The van der Waals surface area contributed by atoms with Crippen molar-refractivity contribution in [2.45, 2.75) is 106 Å².